The zero-order chi connectivity index (χ0) is 9.07. The van der Waals surface area contributed by atoms with Crippen LogP contribution in [0.5, 0.6) is 0 Å². The van der Waals surface area contributed by atoms with E-state index >= 15 is 0 Å². The molecular weight excluding hydrogens is 233 g/mol. The molecule has 12 heavy (non-hydrogen) atoms. The maximum absolute atomic E-state index is 10.3. The first-order chi connectivity index (χ1) is 4.83. The molecule has 0 rings (SSSR count). The number of hydrogen-bond donors (Lipinski definition) is 4. The summed E-state index contributed by atoms with van der Waals surface area (Å²) < 4.78 is 27.0. The van der Waals surface area contributed by atoms with Gasteiger partial charge in [0.25, 0.3) is 0 Å². The summed E-state index contributed by atoms with van der Waals surface area (Å²) in [6, 6.07) is -1.18. The largest absolute Gasteiger partial charge is 0.412 e. The Labute approximate surface area is 71.5 Å². The van der Waals surface area contributed by atoms with Crippen molar-refractivity contribution in [2.24, 2.45) is 5.73 Å². The summed E-state index contributed by atoms with van der Waals surface area (Å²) in [6.45, 7) is 0. The zero-order valence-corrected chi connectivity index (χ0v) is 8.05. The maximum atomic E-state index is 10.3. The van der Waals surface area contributed by atoms with E-state index in [-0.39, 0.29) is 11.9 Å². The van der Waals surface area contributed by atoms with Gasteiger partial charge >= 0.3 is 65.4 Å². The first-order valence-corrected chi connectivity index (χ1v) is 6.63. The molecule has 8 heteroatoms. The quantitative estimate of drug-likeness (QED) is 0.396. The van der Waals surface area contributed by atoms with Crippen LogP contribution >= 0.6 is 0 Å². The summed E-state index contributed by atoms with van der Waals surface area (Å²) in [5, 5.41) is 7.78. The van der Waals surface area contributed by atoms with E-state index in [2.05, 4.69) is 0 Å². The van der Waals surface area contributed by atoms with Crippen LogP contribution in [-0.4, -0.2) is 45.0 Å². The van der Waals surface area contributed by atoms with Crippen molar-refractivity contribution in [2.75, 3.05) is 0 Å². The standard InChI is InChI=1S/C4H10AsNO5.H2O/c6-3(4(7)8)1-2-5(9,10)11;/h3H,1-2,6H2,(H,7,8)(H2,9,10,11);1H2. The Hall–Kier alpha value is -0.332. The molecular formula is C4H12AsNO6. The summed E-state index contributed by atoms with van der Waals surface area (Å²) in [5.74, 6) is -1.24. The van der Waals surface area contributed by atoms with Crippen LogP contribution < -0.4 is 5.73 Å². The molecule has 0 amide bonds. The van der Waals surface area contributed by atoms with Crippen LogP contribution in [-0.2, 0) is 8.53 Å². The third kappa shape index (κ3) is 7.77. The SMILES string of the molecule is NC(CC[As](=O)(O)O)C(=O)O.O. The third-order valence-corrected chi connectivity index (χ3v) is 2.81. The monoisotopic (exact) mass is 245 g/mol. The van der Waals surface area contributed by atoms with E-state index in [0.717, 1.165) is 0 Å². The topological polar surface area (TPSA) is 152 Å². The van der Waals surface area contributed by atoms with Crippen LogP contribution in [0, 0.1) is 0 Å². The van der Waals surface area contributed by atoms with Crippen LogP contribution in [0.4, 0.5) is 0 Å². The predicted octanol–water partition coefficient (Wildman–Crippen LogP) is -2.68. The Balaban J connectivity index is 0. The number of carbonyl (C=O) groups is 1. The average Bonchev–Trinajstić information content (AvgIpc) is 1.80. The van der Waals surface area contributed by atoms with Gasteiger partial charge in [0.05, 0.1) is 0 Å². The molecule has 0 saturated carbocycles. The second kappa shape index (κ2) is 5.34. The normalized spacial score (nSPS) is 13.2. The molecule has 0 radical (unpaired) electrons. The first kappa shape index (κ1) is 14.2. The van der Waals surface area contributed by atoms with Crippen LogP contribution in [0.25, 0.3) is 0 Å². The van der Waals surface area contributed by atoms with Gasteiger partial charge in [-0.15, -0.1) is 0 Å². The number of aliphatic carboxylic acids is 1. The van der Waals surface area contributed by atoms with Crippen molar-refractivity contribution in [3.8, 4) is 0 Å². The van der Waals surface area contributed by atoms with E-state index in [4.69, 9.17) is 19.0 Å². The molecule has 0 aliphatic rings. The van der Waals surface area contributed by atoms with Crippen molar-refractivity contribution < 1.29 is 27.3 Å². The van der Waals surface area contributed by atoms with Gasteiger partial charge in [-0.1, -0.05) is 0 Å². The van der Waals surface area contributed by atoms with Crippen LogP contribution in [0.15, 0.2) is 0 Å². The zero-order valence-electron chi connectivity index (χ0n) is 6.17. The van der Waals surface area contributed by atoms with Crippen LogP contribution in [0.1, 0.15) is 6.42 Å². The molecule has 7 nitrogen and oxygen atoms in total. The third-order valence-electron chi connectivity index (χ3n) is 1.05. The molecule has 74 valence electrons. The molecule has 0 bridgehead atoms. The minimum absolute atomic E-state index is 0. The summed E-state index contributed by atoms with van der Waals surface area (Å²) in [5.41, 5.74) is 4.99. The van der Waals surface area contributed by atoms with Crippen molar-refractivity contribution in [2.45, 2.75) is 17.7 Å². The molecule has 0 aromatic carbocycles. The van der Waals surface area contributed by atoms with Gasteiger partial charge in [0.15, 0.2) is 0 Å². The Morgan fingerprint density at radius 2 is 1.92 bits per heavy atom. The minimum Gasteiger partial charge on any atom is -0.412 e. The van der Waals surface area contributed by atoms with E-state index in [1.807, 2.05) is 0 Å². The number of rotatable bonds is 4. The molecule has 0 saturated heterocycles. The molecule has 0 aliphatic carbocycles. The second-order valence-electron chi connectivity index (χ2n) is 2.12. The van der Waals surface area contributed by atoms with E-state index in [1.54, 1.807) is 0 Å². The Kier molecular flexibility index (Phi) is 6.32. The molecule has 0 aromatic rings. The van der Waals surface area contributed by atoms with Gasteiger partial charge in [0, 0.05) is 0 Å². The van der Waals surface area contributed by atoms with E-state index in [9.17, 15) is 8.53 Å². The second-order valence-corrected chi connectivity index (χ2v) is 5.85. The fraction of sp³-hybridized carbons (Fsp3) is 0.750. The predicted molar refractivity (Wildman–Crippen MR) is 39.5 cm³/mol. The Morgan fingerprint density at radius 1 is 1.50 bits per heavy atom. The van der Waals surface area contributed by atoms with Gasteiger partial charge < -0.3 is 5.48 Å². The van der Waals surface area contributed by atoms with Gasteiger partial charge in [0.2, 0.25) is 0 Å². The van der Waals surface area contributed by atoms with E-state index in [1.165, 1.54) is 0 Å². The van der Waals surface area contributed by atoms with Gasteiger partial charge in [-0.05, 0) is 0 Å². The fourth-order valence-electron chi connectivity index (χ4n) is 0.431. The molecule has 7 N–H and O–H groups in total. The Morgan fingerprint density at radius 3 is 2.17 bits per heavy atom. The van der Waals surface area contributed by atoms with Crippen molar-refractivity contribution >= 4 is 20.1 Å². The average molecular weight is 245 g/mol. The number of hydrogen-bond acceptors (Lipinski definition) is 3. The molecule has 1 unspecified atom stereocenters. The van der Waals surface area contributed by atoms with E-state index < -0.39 is 31.4 Å². The van der Waals surface area contributed by atoms with Gasteiger partial charge in [-0.2, -0.15) is 0 Å². The fourth-order valence-corrected chi connectivity index (χ4v) is 1.72. The molecule has 0 aliphatic heterocycles. The van der Waals surface area contributed by atoms with Crippen molar-refractivity contribution in [3.05, 3.63) is 0 Å². The first-order valence-electron chi connectivity index (χ1n) is 2.86. The molecule has 0 fully saturated rings. The Bertz CT molecular complexity index is 188. The minimum atomic E-state index is -4.66. The molecule has 1 atom stereocenters. The smallest absolute Gasteiger partial charge is 0.412 e. The summed E-state index contributed by atoms with van der Waals surface area (Å²) >= 11 is -4.66. The summed E-state index contributed by atoms with van der Waals surface area (Å²) in [4.78, 5) is 10.0. The van der Waals surface area contributed by atoms with Crippen molar-refractivity contribution in [3.63, 3.8) is 0 Å². The van der Waals surface area contributed by atoms with E-state index in [0.29, 0.717) is 0 Å². The molecule has 0 aromatic heterocycles. The number of carboxylic acids is 1. The van der Waals surface area contributed by atoms with Gasteiger partial charge in [-0.25, -0.2) is 0 Å². The van der Waals surface area contributed by atoms with Gasteiger partial charge in [0.1, 0.15) is 0 Å². The van der Waals surface area contributed by atoms with Crippen molar-refractivity contribution in [1.82, 2.24) is 0 Å². The van der Waals surface area contributed by atoms with Crippen molar-refractivity contribution in [1.29, 1.82) is 0 Å². The van der Waals surface area contributed by atoms with Crippen LogP contribution in [0.2, 0.25) is 5.21 Å². The molecule has 0 heterocycles. The molecule has 0 spiro atoms. The number of nitrogens with two attached hydrogens (primary N) is 1. The maximum Gasteiger partial charge on any atom is -0.412 e. The number of carboxylic acid groups (broad SMARTS) is 1. The van der Waals surface area contributed by atoms with Gasteiger partial charge in [-0.3, -0.25) is 0 Å². The van der Waals surface area contributed by atoms with Crippen LogP contribution in [0.3, 0.4) is 0 Å². The summed E-state index contributed by atoms with van der Waals surface area (Å²) in [7, 11) is 0. The summed E-state index contributed by atoms with van der Waals surface area (Å²) in [6.07, 6.45) is -0.182.